The fourth-order valence-corrected chi connectivity index (χ4v) is 2.49. The van der Waals surface area contributed by atoms with Crippen molar-refractivity contribution in [2.45, 2.75) is 0 Å². The van der Waals surface area contributed by atoms with E-state index < -0.39 is 0 Å². The number of phenols is 1. The molecule has 0 spiro atoms. The summed E-state index contributed by atoms with van der Waals surface area (Å²) in [6, 6.07) is 19.8. The molecule has 1 N–H and O–H groups in total. The minimum absolute atomic E-state index is 0.333. The van der Waals surface area contributed by atoms with Crippen molar-refractivity contribution in [3.63, 3.8) is 0 Å². The molecule has 0 atom stereocenters. The predicted octanol–water partition coefficient (Wildman–Crippen LogP) is 4.97. The molecule has 0 amide bonds. The highest BCUT2D eigenvalue weighted by Gasteiger charge is 2.08. The van der Waals surface area contributed by atoms with E-state index in [0.717, 1.165) is 26.4 Å². The lowest BCUT2D eigenvalue weighted by Gasteiger charge is -2.08. The third-order valence-corrected chi connectivity index (χ3v) is 3.53. The van der Waals surface area contributed by atoms with Crippen LogP contribution < -0.4 is 0 Å². The van der Waals surface area contributed by atoms with Gasteiger partial charge in [0.2, 0.25) is 0 Å². The highest BCUT2D eigenvalue weighted by atomic mass is 79.9. The fourth-order valence-electron chi connectivity index (χ4n) is 2.13. The molecule has 0 unspecified atom stereocenters. The summed E-state index contributed by atoms with van der Waals surface area (Å²) in [7, 11) is 0. The zero-order valence-electron chi connectivity index (χ0n) is 9.60. The van der Waals surface area contributed by atoms with Crippen LogP contribution in [0.3, 0.4) is 0 Å². The summed E-state index contributed by atoms with van der Waals surface area (Å²) in [5.74, 6) is 0.333. The third-order valence-electron chi connectivity index (χ3n) is 3.04. The van der Waals surface area contributed by atoms with Gasteiger partial charge in [-0.2, -0.15) is 0 Å². The molecule has 1 nitrogen and oxygen atoms in total. The number of benzene rings is 3. The van der Waals surface area contributed by atoms with Gasteiger partial charge < -0.3 is 5.11 Å². The van der Waals surface area contributed by atoms with E-state index in [-0.39, 0.29) is 0 Å². The highest BCUT2D eigenvalue weighted by molar-refractivity contribution is 9.10. The molecule has 0 aliphatic rings. The van der Waals surface area contributed by atoms with Crippen molar-refractivity contribution in [1.82, 2.24) is 0 Å². The molecular weight excluding hydrogens is 288 g/mol. The Morgan fingerprint density at radius 1 is 0.833 bits per heavy atom. The summed E-state index contributed by atoms with van der Waals surface area (Å²) >= 11 is 3.44. The van der Waals surface area contributed by atoms with Gasteiger partial charge in [0.15, 0.2) is 0 Å². The first-order valence-electron chi connectivity index (χ1n) is 5.72. The molecule has 0 bridgehead atoms. The Labute approximate surface area is 114 Å². The monoisotopic (exact) mass is 298 g/mol. The van der Waals surface area contributed by atoms with Crippen molar-refractivity contribution in [2.24, 2.45) is 0 Å². The summed E-state index contributed by atoms with van der Waals surface area (Å²) < 4.78 is 0.968. The number of fused-ring (bicyclic) bond motifs is 1. The lowest BCUT2D eigenvalue weighted by Crippen LogP contribution is -1.81. The molecule has 0 fully saturated rings. The molecule has 0 heterocycles. The Morgan fingerprint density at radius 2 is 1.56 bits per heavy atom. The van der Waals surface area contributed by atoms with Crippen LogP contribution in [0.4, 0.5) is 0 Å². The average molecular weight is 299 g/mol. The van der Waals surface area contributed by atoms with Gasteiger partial charge in [-0.1, -0.05) is 64.5 Å². The molecule has 0 saturated heterocycles. The average Bonchev–Trinajstić information content (AvgIpc) is 2.41. The topological polar surface area (TPSA) is 20.2 Å². The van der Waals surface area contributed by atoms with E-state index in [1.54, 1.807) is 0 Å². The number of halogens is 1. The zero-order valence-corrected chi connectivity index (χ0v) is 11.2. The van der Waals surface area contributed by atoms with Gasteiger partial charge in [-0.05, 0) is 23.1 Å². The maximum Gasteiger partial charge on any atom is 0.131 e. The highest BCUT2D eigenvalue weighted by Crippen LogP contribution is 2.36. The van der Waals surface area contributed by atoms with E-state index in [2.05, 4.69) is 15.9 Å². The van der Waals surface area contributed by atoms with Gasteiger partial charge in [-0.15, -0.1) is 0 Å². The first kappa shape index (κ1) is 11.3. The SMILES string of the molecule is Oc1c(-c2ccccc2)ccc2ccc(Br)cc12. The van der Waals surface area contributed by atoms with E-state index in [9.17, 15) is 5.11 Å². The molecule has 0 aliphatic carbocycles. The van der Waals surface area contributed by atoms with Crippen LogP contribution in [0.25, 0.3) is 21.9 Å². The second-order valence-electron chi connectivity index (χ2n) is 4.19. The van der Waals surface area contributed by atoms with Crippen LogP contribution in [0.2, 0.25) is 0 Å². The predicted molar refractivity (Wildman–Crippen MR) is 78.7 cm³/mol. The maximum absolute atomic E-state index is 10.4. The molecule has 3 aromatic carbocycles. The van der Waals surface area contributed by atoms with Gasteiger partial charge in [-0.25, -0.2) is 0 Å². The van der Waals surface area contributed by atoms with Crippen molar-refractivity contribution < 1.29 is 5.11 Å². The Bertz CT molecular complexity index is 705. The van der Waals surface area contributed by atoms with Crippen LogP contribution in [0, 0.1) is 0 Å². The Morgan fingerprint density at radius 3 is 2.33 bits per heavy atom. The zero-order chi connectivity index (χ0) is 12.5. The maximum atomic E-state index is 10.4. The van der Waals surface area contributed by atoms with Crippen molar-refractivity contribution in [3.05, 3.63) is 65.1 Å². The normalized spacial score (nSPS) is 10.7. The lowest BCUT2D eigenvalue weighted by atomic mass is 10.00. The first-order valence-corrected chi connectivity index (χ1v) is 6.51. The van der Waals surface area contributed by atoms with Gasteiger partial charge in [0.25, 0.3) is 0 Å². The van der Waals surface area contributed by atoms with E-state index in [1.807, 2.05) is 60.7 Å². The van der Waals surface area contributed by atoms with Crippen LogP contribution in [0.5, 0.6) is 5.75 Å². The Kier molecular flexibility index (Phi) is 2.80. The van der Waals surface area contributed by atoms with E-state index in [1.165, 1.54) is 0 Å². The molecule has 0 aromatic heterocycles. The van der Waals surface area contributed by atoms with Crippen molar-refractivity contribution in [1.29, 1.82) is 0 Å². The Balaban J connectivity index is 2.29. The first-order chi connectivity index (χ1) is 8.75. The number of aromatic hydroxyl groups is 1. The molecular formula is C16H11BrO. The van der Waals surface area contributed by atoms with Gasteiger partial charge in [0.05, 0.1) is 0 Å². The number of phenolic OH excluding ortho intramolecular Hbond substituents is 1. The standard InChI is InChI=1S/C16H11BrO/c17-13-8-6-12-7-9-14(16(18)15(12)10-13)11-4-2-1-3-5-11/h1-10,18H. The Hall–Kier alpha value is -1.80. The van der Waals surface area contributed by atoms with Gasteiger partial charge in [0, 0.05) is 15.4 Å². The third kappa shape index (κ3) is 1.89. The fraction of sp³-hybridized carbons (Fsp3) is 0. The molecule has 0 radical (unpaired) electrons. The second kappa shape index (κ2) is 4.46. The molecule has 0 aliphatic heterocycles. The van der Waals surface area contributed by atoms with Crippen molar-refractivity contribution >= 4 is 26.7 Å². The van der Waals surface area contributed by atoms with E-state index in [0.29, 0.717) is 5.75 Å². The van der Waals surface area contributed by atoms with Crippen LogP contribution in [0.1, 0.15) is 0 Å². The summed E-state index contributed by atoms with van der Waals surface area (Å²) in [5, 5.41) is 12.3. The number of hydrogen-bond acceptors (Lipinski definition) is 1. The molecule has 3 aromatic rings. The minimum Gasteiger partial charge on any atom is -0.507 e. The number of rotatable bonds is 1. The van der Waals surface area contributed by atoms with Gasteiger partial charge >= 0.3 is 0 Å². The molecule has 3 rings (SSSR count). The summed E-state index contributed by atoms with van der Waals surface area (Å²) in [6.45, 7) is 0. The largest absolute Gasteiger partial charge is 0.507 e. The molecule has 0 saturated carbocycles. The van der Waals surface area contributed by atoms with E-state index >= 15 is 0 Å². The minimum atomic E-state index is 0.333. The second-order valence-corrected chi connectivity index (χ2v) is 5.11. The lowest BCUT2D eigenvalue weighted by molar-refractivity contribution is 0.483. The van der Waals surface area contributed by atoms with Crippen LogP contribution in [0.15, 0.2) is 65.1 Å². The quantitative estimate of drug-likeness (QED) is 0.672. The molecule has 18 heavy (non-hydrogen) atoms. The van der Waals surface area contributed by atoms with E-state index in [4.69, 9.17) is 0 Å². The van der Waals surface area contributed by atoms with Gasteiger partial charge in [0.1, 0.15) is 5.75 Å². The van der Waals surface area contributed by atoms with Gasteiger partial charge in [-0.3, -0.25) is 0 Å². The smallest absolute Gasteiger partial charge is 0.131 e. The number of hydrogen-bond donors (Lipinski definition) is 1. The summed E-state index contributed by atoms with van der Waals surface area (Å²) in [5.41, 5.74) is 1.89. The van der Waals surface area contributed by atoms with Crippen molar-refractivity contribution in [3.8, 4) is 16.9 Å². The summed E-state index contributed by atoms with van der Waals surface area (Å²) in [4.78, 5) is 0. The molecule has 88 valence electrons. The van der Waals surface area contributed by atoms with Crippen LogP contribution in [-0.4, -0.2) is 5.11 Å². The van der Waals surface area contributed by atoms with Crippen molar-refractivity contribution in [2.75, 3.05) is 0 Å². The summed E-state index contributed by atoms with van der Waals surface area (Å²) in [6.07, 6.45) is 0. The van der Waals surface area contributed by atoms with Crippen LogP contribution >= 0.6 is 15.9 Å². The molecule has 2 heteroatoms. The van der Waals surface area contributed by atoms with Crippen LogP contribution in [-0.2, 0) is 0 Å².